The number of hydrogen-bond donors (Lipinski definition) is 2. The summed E-state index contributed by atoms with van der Waals surface area (Å²) in [6.45, 7) is 5.10. The summed E-state index contributed by atoms with van der Waals surface area (Å²) in [6.07, 6.45) is 14.8. The van der Waals surface area contributed by atoms with E-state index in [1.807, 2.05) is 0 Å². The minimum absolute atomic E-state index is 0.133. The lowest BCUT2D eigenvalue weighted by Gasteiger charge is -2.32. The van der Waals surface area contributed by atoms with Crippen LogP contribution in [-0.4, -0.2) is 43.5 Å². The van der Waals surface area contributed by atoms with E-state index >= 15 is 0 Å². The average Bonchev–Trinajstić information content (AvgIpc) is 2.80. The molecule has 0 radical (unpaired) electrons. The number of likely N-dealkylation sites (tertiary alicyclic amines) is 1. The highest BCUT2D eigenvalue weighted by atomic mass is 16.2. The van der Waals surface area contributed by atoms with Gasteiger partial charge >= 0.3 is 0 Å². The Labute approximate surface area is 183 Å². The van der Waals surface area contributed by atoms with Crippen LogP contribution in [0, 0.1) is 11.8 Å². The number of amides is 1. The van der Waals surface area contributed by atoms with Crippen molar-refractivity contribution in [3.8, 4) is 0 Å². The van der Waals surface area contributed by atoms with Gasteiger partial charge in [0.15, 0.2) is 0 Å². The summed E-state index contributed by atoms with van der Waals surface area (Å²) in [6, 6.07) is 8.63. The molecule has 1 aromatic carbocycles. The summed E-state index contributed by atoms with van der Waals surface area (Å²) in [5.74, 6) is 2.67. The van der Waals surface area contributed by atoms with Crippen molar-refractivity contribution in [2.75, 3.05) is 38.0 Å². The van der Waals surface area contributed by atoms with E-state index in [-0.39, 0.29) is 5.91 Å². The second-order valence-corrected chi connectivity index (χ2v) is 10.00. The number of nitrogens with zero attached hydrogens (tertiary/aromatic N) is 1. The summed E-state index contributed by atoms with van der Waals surface area (Å²) in [7, 11) is 0. The summed E-state index contributed by atoms with van der Waals surface area (Å²) < 4.78 is 0. The zero-order chi connectivity index (χ0) is 20.6. The maximum absolute atomic E-state index is 12.5. The zero-order valence-electron chi connectivity index (χ0n) is 18.7. The van der Waals surface area contributed by atoms with E-state index in [1.165, 1.54) is 89.3 Å². The summed E-state index contributed by atoms with van der Waals surface area (Å²) in [5, 5.41) is 6.58. The fourth-order valence-electron chi connectivity index (χ4n) is 5.75. The molecule has 3 aliphatic rings. The first-order valence-corrected chi connectivity index (χ1v) is 12.6. The highest BCUT2D eigenvalue weighted by Crippen LogP contribution is 2.33. The van der Waals surface area contributed by atoms with Crippen LogP contribution >= 0.6 is 0 Å². The molecule has 2 saturated heterocycles. The Morgan fingerprint density at radius 1 is 0.867 bits per heavy atom. The quantitative estimate of drug-likeness (QED) is 0.651. The van der Waals surface area contributed by atoms with Crippen molar-refractivity contribution < 1.29 is 4.79 Å². The molecule has 4 nitrogen and oxygen atoms in total. The van der Waals surface area contributed by atoms with Crippen LogP contribution in [0.3, 0.4) is 0 Å². The highest BCUT2D eigenvalue weighted by Gasteiger charge is 2.22. The van der Waals surface area contributed by atoms with Crippen LogP contribution in [0.25, 0.3) is 0 Å². The number of rotatable bonds is 7. The molecule has 4 rings (SSSR count). The maximum atomic E-state index is 12.5. The van der Waals surface area contributed by atoms with Crippen LogP contribution in [0.4, 0.5) is 5.69 Å². The molecule has 4 heteroatoms. The Morgan fingerprint density at radius 2 is 1.50 bits per heavy atom. The van der Waals surface area contributed by atoms with Gasteiger partial charge in [0.25, 0.3) is 0 Å². The van der Waals surface area contributed by atoms with Crippen molar-refractivity contribution in [3.05, 3.63) is 29.8 Å². The van der Waals surface area contributed by atoms with Crippen molar-refractivity contribution in [1.29, 1.82) is 0 Å². The van der Waals surface area contributed by atoms with Crippen LogP contribution in [0.15, 0.2) is 24.3 Å². The van der Waals surface area contributed by atoms with Crippen molar-refractivity contribution >= 4 is 11.6 Å². The lowest BCUT2D eigenvalue weighted by molar-refractivity contribution is -0.117. The van der Waals surface area contributed by atoms with E-state index in [4.69, 9.17) is 0 Å². The number of benzene rings is 1. The molecule has 2 aliphatic heterocycles. The molecule has 0 unspecified atom stereocenters. The predicted molar refractivity (Wildman–Crippen MR) is 125 cm³/mol. The van der Waals surface area contributed by atoms with Gasteiger partial charge in [0, 0.05) is 5.69 Å². The molecule has 166 valence electrons. The molecule has 0 atom stereocenters. The molecule has 1 aliphatic carbocycles. The van der Waals surface area contributed by atoms with E-state index in [1.54, 1.807) is 0 Å². The molecule has 1 amide bonds. The van der Waals surface area contributed by atoms with Crippen molar-refractivity contribution in [2.45, 2.75) is 76.5 Å². The normalized spacial score (nSPS) is 22.8. The van der Waals surface area contributed by atoms with E-state index in [9.17, 15) is 4.79 Å². The maximum Gasteiger partial charge on any atom is 0.238 e. The monoisotopic (exact) mass is 411 g/mol. The molecule has 2 heterocycles. The van der Waals surface area contributed by atoms with Crippen LogP contribution in [0.5, 0.6) is 0 Å². The van der Waals surface area contributed by atoms with Gasteiger partial charge in [-0.1, -0.05) is 44.2 Å². The number of carbonyl (C=O) groups is 1. The second-order valence-electron chi connectivity index (χ2n) is 10.00. The molecule has 0 spiro atoms. The molecule has 0 bridgehead atoms. The molecule has 2 N–H and O–H groups in total. The smallest absolute Gasteiger partial charge is 0.238 e. The molecular formula is C26H41N3O. The van der Waals surface area contributed by atoms with Gasteiger partial charge in [0.2, 0.25) is 5.91 Å². The van der Waals surface area contributed by atoms with E-state index in [0.717, 1.165) is 36.5 Å². The largest absolute Gasteiger partial charge is 0.325 e. The Balaban J connectivity index is 1.14. The third-order valence-electron chi connectivity index (χ3n) is 7.79. The molecule has 30 heavy (non-hydrogen) atoms. The number of nitrogens with one attached hydrogen (secondary N) is 2. The molecule has 1 saturated carbocycles. The van der Waals surface area contributed by atoms with Crippen LogP contribution in [0.1, 0.15) is 82.1 Å². The minimum Gasteiger partial charge on any atom is -0.325 e. The number of piperidine rings is 2. The van der Waals surface area contributed by atoms with E-state index in [0.29, 0.717) is 6.54 Å². The third-order valence-corrected chi connectivity index (χ3v) is 7.79. The third kappa shape index (κ3) is 6.55. The average molecular weight is 412 g/mol. The highest BCUT2D eigenvalue weighted by molar-refractivity contribution is 5.92. The molecule has 3 fully saturated rings. The number of anilines is 1. The van der Waals surface area contributed by atoms with E-state index in [2.05, 4.69) is 39.8 Å². The zero-order valence-corrected chi connectivity index (χ0v) is 18.7. The summed E-state index contributed by atoms with van der Waals surface area (Å²) >= 11 is 0. The van der Waals surface area contributed by atoms with Gasteiger partial charge in [0.1, 0.15) is 0 Å². The topological polar surface area (TPSA) is 44.4 Å². The second kappa shape index (κ2) is 11.3. The fraction of sp³-hybridized carbons (Fsp3) is 0.731. The van der Waals surface area contributed by atoms with Crippen molar-refractivity contribution in [1.82, 2.24) is 10.2 Å². The Morgan fingerprint density at radius 3 is 2.17 bits per heavy atom. The van der Waals surface area contributed by atoms with Gasteiger partial charge in [0.05, 0.1) is 6.54 Å². The first-order chi connectivity index (χ1) is 14.8. The van der Waals surface area contributed by atoms with Gasteiger partial charge in [-0.2, -0.15) is 0 Å². The Bertz CT molecular complexity index is 639. The molecule has 0 aromatic heterocycles. The summed E-state index contributed by atoms with van der Waals surface area (Å²) in [4.78, 5) is 14.9. The number of hydrogen-bond acceptors (Lipinski definition) is 3. The van der Waals surface area contributed by atoms with Crippen molar-refractivity contribution in [2.24, 2.45) is 11.8 Å². The van der Waals surface area contributed by atoms with Crippen LogP contribution < -0.4 is 10.6 Å². The molecule has 1 aromatic rings. The van der Waals surface area contributed by atoms with Crippen LogP contribution in [0.2, 0.25) is 0 Å². The summed E-state index contributed by atoms with van der Waals surface area (Å²) in [5.41, 5.74) is 2.38. The number of carbonyl (C=O) groups excluding carboxylic acids is 1. The Kier molecular flexibility index (Phi) is 8.22. The minimum atomic E-state index is 0.133. The van der Waals surface area contributed by atoms with Gasteiger partial charge in [-0.3, -0.25) is 9.69 Å². The van der Waals surface area contributed by atoms with Crippen molar-refractivity contribution in [3.63, 3.8) is 0 Å². The van der Waals surface area contributed by atoms with Gasteiger partial charge in [-0.05, 0) is 100 Å². The van der Waals surface area contributed by atoms with Gasteiger partial charge < -0.3 is 10.6 Å². The lowest BCUT2D eigenvalue weighted by atomic mass is 9.84. The SMILES string of the molecule is O=C(CN1CCC(CCC2CCNCC2)CC1)Nc1ccc(C2CCCCC2)cc1. The lowest BCUT2D eigenvalue weighted by Crippen LogP contribution is -2.39. The first-order valence-electron chi connectivity index (χ1n) is 12.6. The fourth-order valence-corrected chi connectivity index (χ4v) is 5.75. The first kappa shape index (κ1) is 21.8. The predicted octanol–water partition coefficient (Wildman–Crippen LogP) is 5.16. The van der Waals surface area contributed by atoms with E-state index < -0.39 is 0 Å². The van der Waals surface area contributed by atoms with Gasteiger partial charge in [-0.25, -0.2) is 0 Å². The van der Waals surface area contributed by atoms with Gasteiger partial charge in [-0.15, -0.1) is 0 Å². The molecular weight excluding hydrogens is 370 g/mol. The standard InChI is InChI=1S/C26H41N3O/c30-26(28-25-10-8-24(9-11-25)23-4-2-1-3-5-23)20-29-18-14-22(15-19-29)7-6-21-12-16-27-17-13-21/h8-11,21-23,27H,1-7,12-20H2,(H,28,30). The van der Waals surface area contributed by atoms with Crippen LogP contribution in [-0.2, 0) is 4.79 Å². The Hall–Kier alpha value is -1.39.